The molecule has 2 atom stereocenters. The number of aromatic nitrogens is 1. The van der Waals surface area contributed by atoms with Crippen LogP contribution in [0.1, 0.15) is 32.2 Å². The Hall–Kier alpha value is -0.970. The van der Waals surface area contributed by atoms with Crippen molar-refractivity contribution in [2.45, 2.75) is 46.1 Å². The summed E-state index contributed by atoms with van der Waals surface area (Å²) in [6, 6.07) is 6.29. The summed E-state index contributed by atoms with van der Waals surface area (Å²) in [6.45, 7) is 11.1. The van der Waals surface area contributed by atoms with Gasteiger partial charge >= 0.3 is 0 Å². The summed E-state index contributed by atoms with van der Waals surface area (Å²) in [6.07, 6.45) is 0.627. The van der Waals surface area contributed by atoms with Gasteiger partial charge in [0.2, 0.25) is 0 Å². The lowest BCUT2D eigenvalue weighted by Crippen LogP contribution is -2.44. The molecule has 19 heavy (non-hydrogen) atoms. The molecule has 0 saturated carbocycles. The van der Waals surface area contributed by atoms with Gasteiger partial charge in [0, 0.05) is 26.2 Å². The van der Waals surface area contributed by atoms with E-state index in [1.165, 1.54) is 0 Å². The Balaban J connectivity index is 1.94. The maximum atomic E-state index is 5.76. The summed E-state index contributed by atoms with van der Waals surface area (Å²) in [5.41, 5.74) is 2.27. The number of ether oxygens (including phenoxy) is 1. The fraction of sp³-hybridized carbons (Fsp3) is 0.667. The van der Waals surface area contributed by atoms with Crippen LogP contribution in [0.5, 0.6) is 0 Å². The minimum atomic E-state index is 0.314. The summed E-state index contributed by atoms with van der Waals surface area (Å²) in [4.78, 5) is 7.14. The molecule has 1 aliphatic heterocycles. The van der Waals surface area contributed by atoms with Crippen LogP contribution in [0.15, 0.2) is 18.2 Å². The lowest BCUT2D eigenvalue weighted by atomic mass is 10.2. The van der Waals surface area contributed by atoms with Crippen molar-refractivity contribution in [1.29, 1.82) is 0 Å². The zero-order valence-corrected chi connectivity index (χ0v) is 12.2. The molecule has 1 saturated heterocycles. The second-order valence-electron chi connectivity index (χ2n) is 5.35. The molecule has 2 rings (SSSR count). The van der Waals surface area contributed by atoms with Crippen LogP contribution >= 0.6 is 0 Å². The summed E-state index contributed by atoms with van der Waals surface area (Å²) in [7, 11) is 0. The number of nitrogens with zero attached hydrogens (tertiary/aromatic N) is 2. The van der Waals surface area contributed by atoms with E-state index in [-0.39, 0.29) is 0 Å². The minimum absolute atomic E-state index is 0.314. The largest absolute Gasteiger partial charge is 0.373 e. The molecule has 0 spiro atoms. The Bertz CT molecular complexity index is 387. The van der Waals surface area contributed by atoms with Crippen LogP contribution in [0.3, 0.4) is 0 Å². The molecule has 1 aliphatic rings. The average Bonchev–Trinajstić information content (AvgIpc) is 2.35. The predicted molar refractivity (Wildman–Crippen MR) is 76.9 cm³/mol. The van der Waals surface area contributed by atoms with Crippen molar-refractivity contribution < 1.29 is 4.74 Å². The van der Waals surface area contributed by atoms with E-state index < -0.39 is 0 Å². The number of rotatable bonds is 5. The Morgan fingerprint density at radius 3 is 2.63 bits per heavy atom. The molecule has 1 fully saturated rings. The zero-order chi connectivity index (χ0) is 13.7. The molecule has 2 heterocycles. The van der Waals surface area contributed by atoms with Crippen molar-refractivity contribution in [3.8, 4) is 0 Å². The SMILES string of the molecule is CCNCc1cccc(CN2CC(C)OC(C)C2)n1. The first-order valence-corrected chi connectivity index (χ1v) is 7.20. The number of morpholine rings is 1. The van der Waals surface area contributed by atoms with Crippen LogP contribution < -0.4 is 5.32 Å². The van der Waals surface area contributed by atoms with Crippen molar-refractivity contribution in [1.82, 2.24) is 15.2 Å². The third-order valence-electron chi connectivity index (χ3n) is 3.30. The van der Waals surface area contributed by atoms with Crippen molar-refractivity contribution >= 4 is 0 Å². The van der Waals surface area contributed by atoms with Gasteiger partial charge in [0.15, 0.2) is 0 Å². The van der Waals surface area contributed by atoms with Gasteiger partial charge in [-0.1, -0.05) is 13.0 Å². The summed E-state index contributed by atoms with van der Waals surface area (Å²) in [5, 5.41) is 3.31. The first-order valence-electron chi connectivity index (χ1n) is 7.20. The normalized spacial score (nSPS) is 24.6. The van der Waals surface area contributed by atoms with E-state index in [2.05, 4.69) is 49.2 Å². The number of hydrogen-bond donors (Lipinski definition) is 1. The molecule has 0 aromatic carbocycles. The van der Waals surface area contributed by atoms with Crippen molar-refractivity contribution in [2.24, 2.45) is 0 Å². The molecule has 0 bridgehead atoms. The molecule has 1 N–H and O–H groups in total. The lowest BCUT2D eigenvalue weighted by molar-refractivity contribution is -0.0707. The smallest absolute Gasteiger partial charge is 0.0678 e. The summed E-state index contributed by atoms with van der Waals surface area (Å²) in [5.74, 6) is 0. The van der Waals surface area contributed by atoms with E-state index in [9.17, 15) is 0 Å². The molecular formula is C15H25N3O. The van der Waals surface area contributed by atoms with E-state index in [0.29, 0.717) is 12.2 Å². The van der Waals surface area contributed by atoms with Crippen LogP contribution in [0.25, 0.3) is 0 Å². The fourth-order valence-corrected chi connectivity index (χ4v) is 2.61. The minimum Gasteiger partial charge on any atom is -0.373 e. The van der Waals surface area contributed by atoms with Gasteiger partial charge < -0.3 is 10.1 Å². The molecular weight excluding hydrogens is 238 g/mol. The molecule has 1 aromatic heterocycles. The van der Waals surface area contributed by atoms with Gasteiger partial charge in [0.1, 0.15) is 0 Å². The van der Waals surface area contributed by atoms with E-state index >= 15 is 0 Å². The number of nitrogens with one attached hydrogen (secondary N) is 1. The second-order valence-corrected chi connectivity index (χ2v) is 5.35. The van der Waals surface area contributed by atoms with Gasteiger partial charge in [-0.05, 0) is 32.5 Å². The number of pyridine rings is 1. The maximum Gasteiger partial charge on any atom is 0.0678 e. The van der Waals surface area contributed by atoms with Gasteiger partial charge in [-0.2, -0.15) is 0 Å². The molecule has 0 radical (unpaired) electrons. The average molecular weight is 263 g/mol. The predicted octanol–water partition coefficient (Wildman–Crippen LogP) is 1.80. The molecule has 4 heteroatoms. The Morgan fingerprint density at radius 2 is 1.95 bits per heavy atom. The van der Waals surface area contributed by atoms with Crippen LogP contribution in [-0.4, -0.2) is 41.7 Å². The molecule has 0 amide bonds. The summed E-state index contributed by atoms with van der Waals surface area (Å²) >= 11 is 0. The van der Waals surface area contributed by atoms with Crippen molar-refractivity contribution in [3.63, 3.8) is 0 Å². The molecule has 106 valence electrons. The van der Waals surface area contributed by atoms with E-state index in [1.807, 2.05) is 0 Å². The molecule has 2 unspecified atom stereocenters. The molecule has 0 aliphatic carbocycles. The fourth-order valence-electron chi connectivity index (χ4n) is 2.61. The molecule has 4 nitrogen and oxygen atoms in total. The maximum absolute atomic E-state index is 5.76. The van der Waals surface area contributed by atoms with Gasteiger partial charge in [0.25, 0.3) is 0 Å². The standard InChI is InChI=1S/C15H25N3O/c1-4-16-8-14-6-5-7-15(17-14)11-18-9-12(2)19-13(3)10-18/h5-7,12-13,16H,4,8-11H2,1-3H3. The van der Waals surface area contributed by atoms with Gasteiger partial charge in [0.05, 0.1) is 23.6 Å². The van der Waals surface area contributed by atoms with Crippen molar-refractivity contribution in [3.05, 3.63) is 29.6 Å². The third kappa shape index (κ3) is 4.56. The Morgan fingerprint density at radius 1 is 1.26 bits per heavy atom. The highest BCUT2D eigenvalue weighted by Crippen LogP contribution is 2.13. The quantitative estimate of drug-likeness (QED) is 0.879. The summed E-state index contributed by atoms with van der Waals surface area (Å²) < 4.78 is 5.76. The molecule has 1 aromatic rings. The van der Waals surface area contributed by atoms with E-state index in [0.717, 1.165) is 44.1 Å². The second kappa shape index (κ2) is 6.98. The number of hydrogen-bond acceptors (Lipinski definition) is 4. The highest BCUT2D eigenvalue weighted by atomic mass is 16.5. The van der Waals surface area contributed by atoms with E-state index in [4.69, 9.17) is 9.72 Å². The van der Waals surface area contributed by atoms with Crippen LogP contribution in [0, 0.1) is 0 Å². The van der Waals surface area contributed by atoms with Crippen LogP contribution in [0.4, 0.5) is 0 Å². The Labute approximate surface area is 116 Å². The monoisotopic (exact) mass is 263 g/mol. The first kappa shape index (κ1) is 14.4. The highest BCUT2D eigenvalue weighted by molar-refractivity contribution is 5.11. The van der Waals surface area contributed by atoms with Gasteiger partial charge in [-0.15, -0.1) is 0 Å². The zero-order valence-electron chi connectivity index (χ0n) is 12.2. The highest BCUT2D eigenvalue weighted by Gasteiger charge is 2.22. The third-order valence-corrected chi connectivity index (χ3v) is 3.30. The van der Waals surface area contributed by atoms with E-state index in [1.54, 1.807) is 0 Å². The Kier molecular flexibility index (Phi) is 5.31. The van der Waals surface area contributed by atoms with Crippen molar-refractivity contribution in [2.75, 3.05) is 19.6 Å². The van der Waals surface area contributed by atoms with Crippen LogP contribution in [-0.2, 0) is 17.8 Å². The topological polar surface area (TPSA) is 37.4 Å². The first-order chi connectivity index (χ1) is 9.17. The van der Waals surface area contributed by atoms with Gasteiger partial charge in [-0.25, -0.2) is 0 Å². The lowest BCUT2D eigenvalue weighted by Gasteiger charge is -2.35. The van der Waals surface area contributed by atoms with Gasteiger partial charge in [-0.3, -0.25) is 9.88 Å². The van der Waals surface area contributed by atoms with Crippen LogP contribution in [0.2, 0.25) is 0 Å².